The third kappa shape index (κ3) is 3.80. The first-order chi connectivity index (χ1) is 12.5. The summed E-state index contributed by atoms with van der Waals surface area (Å²) in [6, 6.07) is 9.35. The van der Waals surface area contributed by atoms with E-state index in [1.807, 2.05) is 38.1 Å². The number of halogens is 2. The largest absolute Gasteiger partial charge is 0.468 e. The fourth-order valence-electron chi connectivity index (χ4n) is 2.70. The van der Waals surface area contributed by atoms with Gasteiger partial charge in [-0.05, 0) is 37.6 Å². The van der Waals surface area contributed by atoms with Gasteiger partial charge in [0.25, 0.3) is 0 Å². The highest BCUT2D eigenvalue weighted by Crippen LogP contribution is 2.38. The van der Waals surface area contributed by atoms with Crippen LogP contribution in [0.5, 0.6) is 5.75 Å². The average Bonchev–Trinajstić information content (AvgIpc) is 2.63. The zero-order valence-corrected chi connectivity index (χ0v) is 16.1. The Labute approximate surface area is 161 Å². The summed E-state index contributed by atoms with van der Waals surface area (Å²) in [5.74, 6) is 0.719. The molecule has 0 saturated carbocycles. The van der Waals surface area contributed by atoms with E-state index in [2.05, 4.69) is 15.2 Å². The second kappa shape index (κ2) is 7.99. The number of aromatic nitrogens is 3. The lowest BCUT2D eigenvalue weighted by molar-refractivity contribution is 0.0511. The molecule has 0 amide bonds. The van der Waals surface area contributed by atoms with Crippen molar-refractivity contribution in [3.63, 3.8) is 0 Å². The van der Waals surface area contributed by atoms with Crippen molar-refractivity contribution >= 4 is 23.2 Å². The van der Waals surface area contributed by atoms with E-state index in [0.29, 0.717) is 15.7 Å². The molecule has 0 fully saturated rings. The highest BCUT2D eigenvalue weighted by Gasteiger charge is 2.19. The van der Waals surface area contributed by atoms with Gasteiger partial charge in [-0.15, -0.1) is 0 Å². The van der Waals surface area contributed by atoms with Crippen LogP contribution in [-0.4, -0.2) is 29.1 Å². The van der Waals surface area contributed by atoms with Gasteiger partial charge in [-0.25, -0.2) is 0 Å². The van der Waals surface area contributed by atoms with E-state index in [-0.39, 0.29) is 6.79 Å². The van der Waals surface area contributed by atoms with E-state index >= 15 is 0 Å². The summed E-state index contributed by atoms with van der Waals surface area (Å²) in [5.41, 5.74) is 4.87. The minimum atomic E-state index is 0.198. The van der Waals surface area contributed by atoms with Crippen LogP contribution in [0.4, 0.5) is 0 Å². The maximum Gasteiger partial charge on any atom is 0.188 e. The number of hydrogen-bond acceptors (Lipinski definition) is 5. The Morgan fingerprint density at radius 1 is 0.962 bits per heavy atom. The molecule has 0 atom stereocenters. The first-order valence-electron chi connectivity index (χ1n) is 7.88. The van der Waals surface area contributed by atoms with Crippen LogP contribution in [-0.2, 0) is 4.74 Å². The van der Waals surface area contributed by atoms with Gasteiger partial charge in [0.15, 0.2) is 6.79 Å². The van der Waals surface area contributed by atoms with Crippen LogP contribution in [0.2, 0.25) is 10.0 Å². The highest BCUT2D eigenvalue weighted by molar-refractivity contribution is 6.36. The van der Waals surface area contributed by atoms with Crippen LogP contribution in [0, 0.1) is 13.8 Å². The molecule has 7 heteroatoms. The van der Waals surface area contributed by atoms with Gasteiger partial charge < -0.3 is 9.47 Å². The molecular weight excluding hydrogens is 373 g/mol. The van der Waals surface area contributed by atoms with Gasteiger partial charge in [0.05, 0.1) is 27.1 Å². The maximum absolute atomic E-state index is 6.40. The lowest BCUT2D eigenvalue weighted by atomic mass is 9.95. The van der Waals surface area contributed by atoms with Gasteiger partial charge in [-0.2, -0.15) is 10.2 Å². The summed E-state index contributed by atoms with van der Waals surface area (Å²) < 4.78 is 10.4. The lowest BCUT2D eigenvalue weighted by Crippen LogP contribution is -2.02. The molecule has 0 spiro atoms. The predicted octanol–water partition coefficient (Wildman–Crippen LogP) is 5.11. The Balaban J connectivity index is 2.14. The van der Waals surface area contributed by atoms with Gasteiger partial charge in [-0.1, -0.05) is 35.3 Å². The fourth-order valence-corrected chi connectivity index (χ4v) is 3.17. The molecule has 2 aromatic heterocycles. The quantitative estimate of drug-likeness (QED) is 0.567. The van der Waals surface area contributed by atoms with Gasteiger partial charge in [0.1, 0.15) is 5.75 Å². The topological polar surface area (TPSA) is 57.1 Å². The van der Waals surface area contributed by atoms with E-state index in [1.54, 1.807) is 19.4 Å². The van der Waals surface area contributed by atoms with Crippen LogP contribution >= 0.6 is 23.2 Å². The molecule has 0 aliphatic rings. The minimum absolute atomic E-state index is 0.198. The van der Waals surface area contributed by atoms with Crippen molar-refractivity contribution in [1.29, 1.82) is 0 Å². The summed E-state index contributed by atoms with van der Waals surface area (Å²) in [7, 11) is 1.58. The number of ether oxygens (including phenoxy) is 2. The number of pyridine rings is 1. The molecule has 0 aliphatic heterocycles. The van der Waals surface area contributed by atoms with Gasteiger partial charge >= 0.3 is 0 Å². The molecule has 0 radical (unpaired) electrons. The highest BCUT2D eigenvalue weighted by atomic mass is 35.5. The molecule has 5 nitrogen and oxygen atoms in total. The van der Waals surface area contributed by atoms with Gasteiger partial charge in [0, 0.05) is 24.4 Å². The number of rotatable bonds is 5. The molecular formula is C19H17Cl2N3O2. The zero-order chi connectivity index (χ0) is 18.7. The molecule has 134 valence electrons. The number of methoxy groups -OCH3 is 1. The van der Waals surface area contributed by atoms with Crippen molar-refractivity contribution in [2.75, 3.05) is 13.9 Å². The second-order valence-electron chi connectivity index (χ2n) is 5.68. The Morgan fingerprint density at radius 3 is 2.23 bits per heavy atom. The molecule has 26 heavy (non-hydrogen) atoms. The monoisotopic (exact) mass is 389 g/mol. The summed E-state index contributed by atoms with van der Waals surface area (Å²) >= 11 is 12.4. The fraction of sp³-hybridized carbons (Fsp3) is 0.211. The molecule has 0 aliphatic carbocycles. The van der Waals surface area contributed by atoms with Crippen molar-refractivity contribution in [1.82, 2.24) is 15.2 Å². The zero-order valence-electron chi connectivity index (χ0n) is 14.6. The Kier molecular flexibility index (Phi) is 5.71. The number of benzene rings is 1. The van der Waals surface area contributed by atoms with E-state index in [0.717, 1.165) is 33.8 Å². The average molecular weight is 390 g/mol. The van der Waals surface area contributed by atoms with Gasteiger partial charge in [0.2, 0.25) is 0 Å². The number of aryl methyl sites for hydroxylation is 2. The van der Waals surface area contributed by atoms with E-state index in [9.17, 15) is 0 Å². The molecule has 1 aromatic carbocycles. The molecule has 2 heterocycles. The Hall–Kier alpha value is -2.21. The third-order valence-electron chi connectivity index (χ3n) is 3.85. The molecule has 3 aromatic rings. The van der Waals surface area contributed by atoms with Crippen LogP contribution in [0.1, 0.15) is 11.4 Å². The summed E-state index contributed by atoms with van der Waals surface area (Å²) in [4.78, 5) is 4.42. The van der Waals surface area contributed by atoms with E-state index in [1.165, 1.54) is 0 Å². The first-order valence-corrected chi connectivity index (χ1v) is 8.64. The second-order valence-corrected chi connectivity index (χ2v) is 6.52. The standard InChI is InChI=1S/C19H17Cl2N3O2/c1-11-17(13-4-6-15(7-5-13)26-10-25-3)18(12(2)24-23-11)19-16(21)8-14(20)9-22-19/h4-9H,10H2,1-3H3. The lowest BCUT2D eigenvalue weighted by Gasteiger charge is -2.15. The van der Waals surface area contributed by atoms with E-state index < -0.39 is 0 Å². The van der Waals surface area contributed by atoms with Crippen molar-refractivity contribution < 1.29 is 9.47 Å². The van der Waals surface area contributed by atoms with Gasteiger partial charge in [-0.3, -0.25) is 4.98 Å². The molecule has 0 saturated heterocycles. The number of hydrogen-bond donors (Lipinski definition) is 0. The van der Waals surface area contributed by atoms with E-state index in [4.69, 9.17) is 32.7 Å². The third-order valence-corrected chi connectivity index (χ3v) is 4.35. The maximum atomic E-state index is 6.40. The van der Waals surface area contributed by atoms with Crippen LogP contribution in [0.25, 0.3) is 22.4 Å². The smallest absolute Gasteiger partial charge is 0.188 e. The van der Waals surface area contributed by atoms with Crippen LogP contribution in [0.3, 0.4) is 0 Å². The summed E-state index contributed by atoms with van der Waals surface area (Å²) in [6.45, 7) is 3.99. The molecule has 0 N–H and O–H groups in total. The number of nitrogens with zero attached hydrogens (tertiary/aromatic N) is 3. The molecule has 0 unspecified atom stereocenters. The van der Waals surface area contributed by atoms with Crippen molar-refractivity contribution in [2.45, 2.75) is 13.8 Å². The Bertz CT molecular complexity index is 931. The molecule has 3 rings (SSSR count). The summed E-state index contributed by atoms with van der Waals surface area (Å²) in [5, 5.41) is 9.45. The van der Waals surface area contributed by atoms with Crippen molar-refractivity contribution in [3.8, 4) is 28.1 Å². The van der Waals surface area contributed by atoms with Crippen molar-refractivity contribution in [3.05, 3.63) is 58.0 Å². The minimum Gasteiger partial charge on any atom is -0.468 e. The van der Waals surface area contributed by atoms with Crippen molar-refractivity contribution in [2.24, 2.45) is 0 Å². The van der Waals surface area contributed by atoms with Crippen LogP contribution < -0.4 is 4.74 Å². The normalized spacial score (nSPS) is 10.8. The predicted molar refractivity (Wildman–Crippen MR) is 103 cm³/mol. The Morgan fingerprint density at radius 2 is 1.62 bits per heavy atom. The van der Waals surface area contributed by atoms with Crippen LogP contribution in [0.15, 0.2) is 36.5 Å². The SMILES string of the molecule is COCOc1ccc(-c2c(C)nnc(C)c2-c2ncc(Cl)cc2Cl)cc1. The summed E-state index contributed by atoms with van der Waals surface area (Å²) in [6.07, 6.45) is 1.57. The first kappa shape index (κ1) is 18.6. The molecule has 0 bridgehead atoms.